The first kappa shape index (κ1) is 18.2. The SMILES string of the molecule is CC1(C)CC(NC(=O)c2cc3c([nH]c4ccccc43)c(=O)s2)CC(C)(C)N1. The van der Waals surface area contributed by atoms with Gasteiger partial charge < -0.3 is 15.6 Å². The van der Waals surface area contributed by atoms with Gasteiger partial charge in [-0.2, -0.15) is 0 Å². The number of H-pyrrole nitrogens is 1. The molecule has 1 aromatic carbocycles. The zero-order valence-corrected chi connectivity index (χ0v) is 16.9. The van der Waals surface area contributed by atoms with Gasteiger partial charge in [0.1, 0.15) is 5.52 Å². The third kappa shape index (κ3) is 3.51. The van der Waals surface area contributed by atoms with Gasteiger partial charge in [0.2, 0.25) is 0 Å². The Labute approximate surface area is 162 Å². The molecule has 0 bridgehead atoms. The lowest BCUT2D eigenvalue weighted by Crippen LogP contribution is -2.62. The number of para-hydroxylation sites is 1. The Kier molecular flexibility index (Phi) is 4.16. The second-order valence-corrected chi connectivity index (χ2v) is 9.84. The van der Waals surface area contributed by atoms with Crippen LogP contribution in [-0.2, 0) is 0 Å². The fraction of sp³-hybridized carbons (Fsp3) is 0.429. The van der Waals surface area contributed by atoms with E-state index in [0.29, 0.717) is 10.4 Å². The number of aromatic amines is 1. The van der Waals surface area contributed by atoms with Crippen molar-refractivity contribution in [1.29, 1.82) is 0 Å². The Hall–Kier alpha value is -2.18. The van der Waals surface area contributed by atoms with Gasteiger partial charge in [-0.05, 0) is 52.7 Å². The van der Waals surface area contributed by atoms with E-state index in [4.69, 9.17) is 0 Å². The topological polar surface area (TPSA) is 74.0 Å². The van der Waals surface area contributed by atoms with E-state index in [1.54, 1.807) is 0 Å². The van der Waals surface area contributed by atoms with Crippen molar-refractivity contribution in [2.24, 2.45) is 0 Å². The molecule has 3 heterocycles. The highest BCUT2D eigenvalue weighted by Gasteiger charge is 2.38. The van der Waals surface area contributed by atoms with E-state index in [1.165, 1.54) is 0 Å². The fourth-order valence-corrected chi connectivity index (χ4v) is 5.37. The fourth-order valence-electron chi connectivity index (χ4n) is 4.58. The molecule has 27 heavy (non-hydrogen) atoms. The molecule has 1 aliphatic rings. The van der Waals surface area contributed by atoms with Crippen LogP contribution < -0.4 is 15.4 Å². The van der Waals surface area contributed by atoms with E-state index in [-0.39, 0.29) is 27.8 Å². The average molecular weight is 384 g/mol. The van der Waals surface area contributed by atoms with Crippen LogP contribution in [0.4, 0.5) is 0 Å². The highest BCUT2D eigenvalue weighted by Crippen LogP contribution is 2.29. The first-order chi connectivity index (χ1) is 12.6. The van der Waals surface area contributed by atoms with Gasteiger partial charge in [-0.1, -0.05) is 29.5 Å². The number of amides is 1. The third-order valence-electron chi connectivity index (χ3n) is 5.18. The van der Waals surface area contributed by atoms with Crippen LogP contribution in [0, 0.1) is 0 Å². The lowest BCUT2D eigenvalue weighted by atomic mass is 9.79. The van der Waals surface area contributed by atoms with E-state index in [1.807, 2.05) is 30.3 Å². The maximum absolute atomic E-state index is 12.9. The first-order valence-electron chi connectivity index (χ1n) is 9.28. The minimum Gasteiger partial charge on any atom is -0.351 e. The number of carbonyl (C=O) groups is 1. The van der Waals surface area contributed by atoms with E-state index in [9.17, 15) is 9.59 Å². The second-order valence-electron chi connectivity index (χ2n) is 8.83. The standard InChI is InChI=1S/C21H25N3O2S/c1-20(2)10-12(11-21(3,4)24-20)22-18(25)16-9-14-13-7-5-6-8-15(13)23-17(14)19(26)27-16/h5-9,12,23-24H,10-11H2,1-4H3,(H,22,25). The predicted molar refractivity (Wildman–Crippen MR) is 112 cm³/mol. The van der Waals surface area contributed by atoms with Crippen LogP contribution in [0.5, 0.6) is 0 Å². The molecule has 1 aliphatic heterocycles. The van der Waals surface area contributed by atoms with Crippen LogP contribution in [0.25, 0.3) is 21.8 Å². The smallest absolute Gasteiger partial charge is 0.261 e. The molecule has 5 nitrogen and oxygen atoms in total. The summed E-state index contributed by atoms with van der Waals surface area (Å²) in [4.78, 5) is 29.1. The molecule has 0 aliphatic carbocycles. The van der Waals surface area contributed by atoms with Gasteiger partial charge in [0, 0.05) is 33.4 Å². The maximum atomic E-state index is 12.9. The van der Waals surface area contributed by atoms with Crippen LogP contribution in [-0.4, -0.2) is 28.0 Å². The highest BCUT2D eigenvalue weighted by atomic mass is 32.1. The van der Waals surface area contributed by atoms with E-state index in [2.05, 4.69) is 43.3 Å². The van der Waals surface area contributed by atoms with Gasteiger partial charge in [-0.25, -0.2) is 0 Å². The van der Waals surface area contributed by atoms with Gasteiger partial charge in [0.05, 0.1) is 4.88 Å². The molecule has 0 spiro atoms. The summed E-state index contributed by atoms with van der Waals surface area (Å²) in [5, 5.41) is 8.56. The number of piperidine rings is 1. The molecule has 0 saturated carbocycles. The van der Waals surface area contributed by atoms with Crippen LogP contribution in [0.15, 0.2) is 35.1 Å². The quantitative estimate of drug-likeness (QED) is 0.630. The van der Waals surface area contributed by atoms with E-state index >= 15 is 0 Å². The summed E-state index contributed by atoms with van der Waals surface area (Å²) in [5.41, 5.74) is 1.39. The van der Waals surface area contributed by atoms with Gasteiger partial charge in [-0.3, -0.25) is 9.59 Å². The summed E-state index contributed by atoms with van der Waals surface area (Å²) in [6.07, 6.45) is 1.71. The predicted octanol–water partition coefficient (Wildman–Crippen LogP) is 3.78. The number of rotatable bonds is 2. The van der Waals surface area contributed by atoms with E-state index in [0.717, 1.165) is 40.5 Å². The van der Waals surface area contributed by atoms with Crippen molar-refractivity contribution in [3.63, 3.8) is 0 Å². The van der Waals surface area contributed by atoms with Crippen molar-refractivity contribution < 1.29 is 4.79 Å². The highest BCUT2D eigenvalue weighted by molar-refractivity contribution is 7.12. The van der Waals surface area contributed by atoms with Crippen molar-refractivity contribution in [3.8, 4) is 0 Å². The van der Waals surface area contributed by atoms with Gasteiger partial charge in [-0.15, -0.1) is 0 Å². The molecular weight excluding hydrogens is 358 g/mol. The molecule has 1 saturated heterocycles. The van der Waals surface area contributed by atoms with Crippen LogP contribution in [0.2, 0.25) is 0 Å². The van der Waals surface area contributed by atoms with Gasteiger partial charge in [0.15, 0.2) is 0 Å². The van der Waals surface area contributed by atoms with Crippen molar-refractivity contribution in [2.75, 3.05) is 0 Å². The third-order valence-corrected chi connectivity index (χ3v) is 6.09. The molecule has 0 unspecified atom stereocenters. The normalized spacial score (nSPS) is 19.4. The Balaban J connectivity index is 1.67. The molecular formula is C21H25N3O2S. The number of hydrogen-bond donors (Lipinski definition) is 3. The minimum absolute atomic E-state index is 0.0480. The lowest BCUT2D eigenvalue weighted by molar-refractivity contribution is 0.0877. The molecule has 1 fully saturated rings. The zero-order chi connectivity index (χ0) is 19.4. The average Bonchev–Trinajstić information content (AvgIpc) is 2.91. The Morgan fingerprint density at radius 1 is 1.11 bits per heavy atom. The molecule has 6 heteroatoms. The Morgan fingerprint density at radius 3 is 2.48 bits per heavy atom. The largest absolute Gasteiger partial charge is 0.351 e. The molecule has 3 aromatic rings. The summed E-state index contributed by atoms with van der Waals surface area (Å²) in [6, 6.07) is 9.70. The van der Waals surface area contributed by atoms with Crippen molar-refractivity contribution >= 4 is 39.0 Å². The number of carbonyl (C=O) groups excluding carboxylic acids is 1. The lowest BCUT2D eigenvalue weighted by Gasteiger charge is -2.46. The van der Waals surface area contributed by atoms with Crippen LogP contribution >= 0.6 is 11.3 Å². The van der Waals surface area contributed by atoms with Crippen molar-refractivity contribution in [3.05, 3.63) is 44.7 Å². The molecule has 0 atom stereocenters. The van der Waals surface area contributed by atoms with E-state index < -0.39 is 0 Å². The Bertz CT molecular complexity index is 1080. The van der Waals surface area contributed by atoms with Gasteiger partial charge in [0.25, 0.3) is 10.6 Å². The van der Waals surface area contributed by atoms with Crippen LogP contribution in [0.1, 0.15) is 50.2 Å². The maximum Gasteiger partial charge on any atom is 0.261 e. The first-order valence-corrected chi connectivity index (χ1v) is 10.1. The summed E-state index contributed by atoms with van der Waals surface area (Å²) in [7, 11) is 0. The summed E-state index contributed by atoms with van der Waals surface area (Å²) >= 11 is 1.00. The summed E-state index contributed by atoms with van der Waals surface area (Å²) in [6.45, 7) is 8.62. The second kappa shape index (κ2) is 6.17. The number of fused-ring (bicyclic) bond motifs is 3. The monoisotopic (exact) mass is 383 g/mol. The molecule has 2 aromatic heterocycles. The molecule has 4 rings (SSSR count). The Morgan fingerprint density at radius 2 is 1.78 bits per heavy atom. The number of aromatic nitrogens is 1. The zero-order valence-electron chi connectivity index (χ0n) is 16.1. The molecule has 1 amide bonds. The minimum atomic E-state index is -0.164. The molecule has 142 valence electrons. The number of benzene rings is 1. The summed E-state index contributed by atoms with van der Waals surface area (Å²) in [5.74, 6) is -0.164. The number of hydrogen-bond acceptors (Lipinski definition) is 4. The van der Waals surface area contributed by atoms with Crippen LogP contribution in [0.3, 0.4) is 0 Å². The number of nitrogens with one attached hydrogen (secondary N) is 3. The molecule has 3 N–H and O–H groups in total. The van der Waals surface area contributed by atoms with Gasteiger partial charge >= 0.3 is 0 Å². The van der Waals surface area contributed by atoms with Crippen molar-refractivity contribution in [2.45, 2.75) is 57.7 Å². The summed E-state index contributed by atoms with van der Waals surface area (Å²) < 4.78 is -0.111. The van der Waals surface area contributed by atoms with Crippen molar-refractivity contribution in [1.82, 2.24) is 15.6 Å². The molecule has 0 radical (unpaired) electrons.